The first-order valence-electron chi connectivity index (χ1n) is 7.74. The fourth-order valence-electron chi connectivity index (χ4n) is 2.21. The third kappa shape index (κ3) is 4.78. The van der Waals surface area contributed by atoms with Crippen LogP contribution in [-0.4, -0.2) is 20.3 Å². The molecule has 2 aromatic carbocycles. The minimum Gasteiger partial charge on any atom is -0.491 e. The van der Waals surface area contributed by atoms with Crippen LogP contribution in [0.4, 0.5) is 5.69 Å². The summed E-state index contributed by atoms with van der Waals surface area (Å²) in [7, 11) is 1.68. The summed E-state index contributed by atoms with van der Waals surface area (Å²) in [5.74, 6) is 1.47. The molecule has 0 saturated carbocycles. The molecular weight excluding hydrogens is 274 g/mol. The van der Waals surface area contributed by atoms with Crippen LogP contribution in [-0.2, 0) is 11.3 Å². The van der Waals surface area contributed by atoms with Crippen LogP contribution in [0.3, 0.4) is 0 Å². The highest BCUT2D eigenvalue weighted by Gasteiger charge is 2.03. The summed E-state index contributed by atoms with van der Waals surface area (Å²) in [6.07, 6.45) is 0. The topological polar surface area (TPSA) is 30.5 Å². The van der Waals surface area contributed by atoms with Gasteiger partial charge in [0.05, 0.1) is 6.61 Å². The molecular formula is C19H25NO2. The number of anilines is 1. The van der Waals surface area contributed by atoms with Gasteiger partial charge in [0.1, 0.15) is 12.4 Å². The molecule has 0 spiro atoms. The van der Waals surface area contributed by atoms with Gasteiger partial charge in [-0.3, -0.25) is 0 Å². The third-order valence-electron chi connectivity index (χ3n) is 3.58. The van der Waals surface area contributed by atoms with Gasteiger partial charge in [0.2, 0.25) is 0 Å². The molecule has 2 rings (SSSR count). The standard InChI is InChI=1S/C19H25NO2/c1-15(2)16-8-10-18(11-9-16)20-14-17-6-4-5-7-19(17)22-13-12-21-3/h4-11,15,20H,12-14H2,1-3H3. The predicted octanol–water partition coefficient (Wildman–Crippen LogP) is 4.45. The molecule has 0 atom stereocenters. The third-order valence-corrected chi connectivity index (χ3v) is 3.58. The molecule has 0 aliphatic heterocycles. The van der Waals surface area contributed by atoms with Gasteiger partial charge >= 0.3 is 0 Å². The van der Waals surface area contributed by atoms with Crippen molar-refractivity contribution in [3.05, 3.63) is 59.7 Å². The van der Waals surface area contributed by atoms with E-state index < -0.39 is 0 Å². The summed E-state index contributed by atoms with van der Waals surface area (Å²) >= 11 is 0. The quantitative estimate of drug-likeness (QED) is 0.731. The minimum absolute atomic E-state index is 0.559. The molecule has 0 saturated heterocycles. The van der Waals surface area contributed by atoms with Crippen molar-refractivity contribution in [3.8, 4) is 5.75 Å². The van der Waals surface area contributed by atoms with Crippen molar-refractivity contribution in [1.82, 2.24) is 0 Å². The Kier molecular flexibility index (Phi) is 6.28. The molecule has 2 aromatic rings. The second kappa shape index (κ2) is 8.44. The lowest BCUT2D eigenvalue weighted by atomic mass is 10.0. The van der Waals surface area contributed by atoms with Crippen molar-refractivity contribution in [2.75, 3.05) is 25.6 Å². The molecule has 0 aromatic heterocycles. The Bertz CT molecular complexity index is 564. The van der Waals surface area contributed by atoms with Gasteiger partial charge in [0, 0.05) is 24.9 Å². The number of benzene rings is 2. The maximum absolute atomic E-state index is 5.75. The zero-order valence-corrected chi connectivity index (χ0v) is 13.6. The second-order valence-electron chi connectivity index (χ2n) is 5.58. The maximum Gasteiger partial charge on any atom is 0.124 e. The molecule has 0 fully saturated rings. The van der Waals surface area contributed by atoms with E-state index in [0.29, 0.717) is 19.1 Å². The Hall–Kier alpha value is -2.00. The molecule has 1 N–H and O–H groups in total. The fraction of sp³-hybridized carbons (Fsp3) is 0.368. The number of rotatable bonds is 8. The zero-order valence-electron chi connectivity index (χ0n) is 13.6. The highest BCUT2D eigenvalue weighted by atomic mass is 16.5. The predicted molar refractivity (Wildman–Crippen MR) is 91.7 cm³/mol. The number of ether oxygens (including phenoxy) is 2. The van der Waals surface area contributed by atoms with Crippen molar-refractivity contribution in [2.45, 2.75) is 26.3 Å². The van der Waals surface area contributed by atoms with E-state index in [1.807, 2.05) is 18.2 Å². The van der Waals surface area contributed by atoms with Crippen molar-refractivity contribution in [3.63, 3.8) is 0 Å². The number of nitrogens with one attached hydrogen (secondary N) is 1. The highest BCUT2D eigenvalue weighted by Crippen LogP contribution is 2.21. The van der Waals surface area contributed by atoms with E-state index >= 15 is 0 Å². The largest absolute Gasteiger partial charge is 0.491 e. The van der Waals surface area contributed by atoms with Crippen molar-refractivity contribution < 1.29 is 9.47 Å². The SMILES string of the molecule is COCCOc1ccccc1CNc1ccc(C(C)C)cc1. The van der Waals surface area contributed by atoms with Crippen LogP contribution < -0.4 is 10.1 Å². The minimum atomic E-state index is 0.559. The molecule has 22 heavy (non-hydrogen) atoms. The second-order valence-corrected chi connectivity index (χ2v) is 5.58. The van der Waals surface area contributed by atoms with Crippen LogP contribution in [0.5, 0.6) is 5.75 Å². The van der Waals surface area contributed by atoms with E-state index in [1.54, 1.807) is 7.11 Å². The van der Waals surface area contributed by atoms with E-state index in [9.17, 15) is 0 Å². The average Bonchev–Trinajstić information content (AvgIpc) is 2.54. The lowest BCUT2D eigenvalue weighted by Gasteiger charge is -2.13. The lowest BCUT2D eigenvalue weighted by molar-refractivity contribution is 0.146. The molecule has 3 nitrogen and oxygen atoms in total. The average molecular weight is 299 g/mol. The molecule has 0 radical (unpaired) electrons. The van der Waals surface area contributed by atoms with Gasteiger partial charge in [-0.05, 0) is 29.7 Å². The number of hydrogen-bond donors (Lipinski definition) is 1. The normalized spacial score (nSPS) is 10.7. The van der Waals surface area contributed by atoms with Gasteiger partial charge in [-0.2, -0.15) is 0 Å². The summed E-state index contributed by atoms with van der Waals surface area (Å²) in [5, 5.41) is 3.45. The summed E-state index contributed by atoms with van der Waals surface area (Å²) in [6.45, 7) is 6.31. The van der Waals surface area contributed by atoms with Crippen LogP contribution in [0.1, 0.15) is 30.9 Å². The van der Waals surface area contributed by atoms with Gasteiger partial charge in [-0.15, -0.1) is 0 Å². The monoisotopic (exact) mass is 299 g/mol. The van der Waals surface area contributed by atoms with Gasteiger partial charge < -0.3 is 14.8 Å². The Labute approximate surface area is 133 Å². The Balaban J connectivity index is 1.96. The van der Waals surface area contributed by atoms with Gasteiger partial charge in [0.25, 0.3) is 0 Å². The van der Waals surface area contributed by atoms with E-state index in [0.717, 1.165) is 23.5 Å². The first kappa shape index (κ1) is 16.4. The zero-order chi connectivity index (χ0) is 15.8. The van der Waals surface area contributed by atoms with Crippen LogP contribution in [0.2, 0.25) is 0 Å². The smallest absolute Gasteiger partial charge is 0.124 e. The molecule has 0 aliphatic carbocycles. The van der Waals surface area contributed by atoms with E-state index in [1.165, 1.54) is 5.56 Å². The molecule has 0 amide bonds. The van der Waals surface area contributed by atoms with Crippen molar-refractivity contribution in [1.29, 1.82) is 0 Å². The highest BCUT2D eigenvalue weighted by molar-refractivity contribution is 5.47. The number of para-hydroxylation sites is 1. The van der Waals surface area contributed by atoms with Gasteiger partial charge in [0.15, 0.2) is 0 Å². The fourth-order valence-corrected chi connectivity index (χ4v) is 2.21. The summed E-state index contributed by atoms with van der Waals surface area (Å²) in [6, 6.07) is 16.7. The van der Waals surface area contributed by atoms with Gasteiger partial charge in [-0.25, -0.2) is 0 Å². The Morgan fingerprint density at radius 1 is 0.955 bits per heavy atom. The maximum atomic E-state index is 5.75. The molecule has 0 bridgehead atoms. The van der Waals surface area contributed by atoms with Crippen LogP contribution in [0.25, 0.3) is 0 Å². The Morgan fingerprint density at radius 2 is 1.68 bits per heavy atom. The number of hydrogen-bond acceptors (Lipinski definition) is 3. The molecule has 0 unspecified atom stereocenters. The molecule has 0 aliphatic rings. The summed E-state index contributed by atoms with van der Waals surface area (Å²) in [4.78, 5) is 0. The summed E-state index contributed by atoms with van der Waals surface area (Å²) in [5.41, 5.74) is 3.62. The van der Waals surface area contributed by atoms with Crippen LogP contribution in [0, 0.1) is 0 Å². The van der Waals surface area contributed by atoms with Gasteiger partial charge in [-0.1, -0.05) is 44.2 Å². The lowest BCUT2D eigenvalue weighted by Crippen LogP contribution is -2.07. The van der Waals surface area contributed by atoms with E-state index in [2.05, 4.69) is 49.5 Å². The van der Waals surface area contributed by atoms with Crippen LogP contribution >= 0.6 is 0 Å². The Morgan fingerprint density at radius 3 is 2.36 bits per heavy atom. The first-order chi connectivity index (χ1) is 10.7. The number of methoxy groups -OCH3 is 1. The van der Waals surface area contributed by atoms with Crippen molar-refractivity contribution in [2.24, 2.45) is 0 Å². The van der Waals surface area contributed by atoms with E-state index in [-0.39, 0.29) is 0 Å². The summed E-state index contributed by atoms with van der Waals surface area (Å²) < 4.78 is 10.8. The molecule has 0 heterocycles. The van der Waals surface area contributed by atoms with Crippen molar-refractivity contribution >= 4 is 5.69 Å². The van der Waals surface area contributed by atoms with Crippen LogP contribution in [0.15, 0.2) is 48.5 Å². The first-order valence-corrected chi connectivity index (χ1v) is 7.74. The molecule has 3 heteroatoms. The molecule has 118 valence electrons. The van der Waals surface area contributed by atoms with E-state index in [4.69, 9.17) is 9.47 Å².